The first-order chi connectivity index (χ1) is 10.1. The Kier molecular flexibility index (Phi) is 6.10. The van der Waals surface area contributed by atoms with E-state index in [-0.39, 0.29) is 0 Å². The van der Waals surface area contributed by atoms with Crippen LogP contribution in [0.25, 0.3) is 0 Å². The van der Waals surface area contributed by atoms with Crippen LogP contribution in [0, 0.1) is 12.8 Å². The Hall–Kier alpha value is -1.02. The molecule has 0 aromatic heterocycles. The van der Waals surface area contributed by atoms with Crippen LogP contribution in [0.15, 0.2) is 18.2 Å². The van der Waals surface area contributed by atoms with Crippen molar-refractivity contribution in [3.05, 3.63) is 29.3 Å². The summed E-state index contributed by atoms with van der Waals surface area (Å²) >= 11 is 0. The fraction of sp³-hybridized carbons (Fsp3) is 0.684. The third kappa shape index (κ3) is 5.03. The van der Waals surface area contributed by atoms with Crippen molar-refractivity contribution in [1.82, 2.24) is 5.32 Å². The molecule has 1 N–H and O–H groups in total. The lowest BCUT2D eigenvalue weighted by molar-refractivity contribution is 0.551. The van der Waals surface area contributed by atoms with Crippen LogP contribution < -0.4 is 10.2 Å². The zero-order valence-electron chi connectivity index (χ0n) is 14.3. The molecular formula is C19H32N2. The highest BCUT2D eigenvalue weighted by atomic mass is 15.2. The summed E-state index contributed by atoms with van der Waals surface area (Å²) in [7, 11) is 0. The molecule has 1 saturated carbocycles. The Labute approximate surface area is 130 Å². The summed E-state index contributed by atoms with van der Waals surface area (Å²) in [6, 6.07) is 7.84. The van der Waals surface area contributed by atoms with Gasteiger partial charge in [-0.2, -0.15) is 0 Å². The van der Waals surface area contributed by atoms with Crippen molar-refractivity contribution in [3.63, 3.8) is 0 Å². The van der Waals surface area contributed by atoms with E-state index in [4.69, 9.17) is 0 Å². The molecule has 0 saturated heterocycles. The number of rotatable bonds is 9. The van der Waals surface area contributed by atoms with Crippen molar-refractivity contribution in [1.29, 1.82) is 0 Å². The van der Waals surface area contributed by atoms with Crippen LogP contribution in [-0.4, -0.2) is 19.1 Å². The van der Waals surface area contributed by atoms with E-state index in [2.05, 4.69) is 56.1 Å². The van der Waals surface area contributed by atoms with Gasteiger partial charge >= 0.3 is 0 Å². The van der Waals surface area contributed by atoms with E-state index in [9.17, 15) is 0 Å². The summed E-state index contributed by atoms with van der Waals surface area (Å²) in [5, 5.41) is 3.55. The Morgan fingerprint density at radius 2 is 2.05 bits per heavy atom. The van der Waals surface area contributed by atoms with Crippen LogP contribution in [0.2, 0.25) is 0 Å². The molecule has 0 radical (unpaired) electrons. The highest BCUT2D eigenvalue weighted by Crippen LogP contribution is 2.32. The molecule has 0 atom stereocenters. The predicted octanol–water partition coefficient (Wildman–Crippen LogP) is 4.51. The van der Waals surface area contributed by atoms with Crippen LogP contribution >= 0.6 is 0 Å². The van der Waals surface area contributed by atoms with Crippen LogP contribution in [0.1, 0.15) is 57.6 Å². The summed E-state index contributed by atoms with van der Waals surface area (Å²) in [5.41, 5.74) is 4.28. The standard InChI is InChI=1S/C19H32N2/c1-5-6-11-21(18-9-10-18)19-8-7-17(16(4)12-19)14-20-13-15(2)3/h7-8,12,15,18,20H,5-6,9-11,13-14H2,1-4H3. The van der Waals surface area contributed by atoms with Crippen molar-refractivity contribution < 1.29 is 0 Å². The van der Waals surface area contributed by atoms with Gasteiger partial charge < -0.3 is 10.2 Å². The molecule has 0 bridgehead atoms. The highest BCUT2D eigenvalue weighted by Gasteiger charge is 2.28. The first kappa shape index (κ1) is 16.4. The van der Waals surface area contributed by atoms with Crippen LogP contribution in [0.4, 0.5) is 5.69 Å². The summed E-state index contributed by atoms with van der Waals surface area (Å²) in [4.78, 5) is 2.63. The van der Waals surface area contributed by atoms with Gasteiger partial charge in [-0.1, -0.05) is 33.3 Å². The van der Waals surface area contributed by atoms with Gasteiger partial charge in [-0.15, -0.1) is 0 Å². The van der Waals surface area contributed by atoms with Gasteiger partial charge in [0.2, 0.25) is 0 Å². The van der Waals surface area contributed by atoms with Crippen LogP contribution in [0.3, 0.4) is 0 Å². The minimum absolute atomic E-state index is 0.712. The van der Waals surface area contributed by atoms with Crippen molar-refractivity contribution in [2.24, 2.45) is 5.92 Å². The number of anilines is 1. The number of nitrogens with zero attached hydrogens (tertiary/aromatic N) is 1. The Morgan fingerprint density at radius 1 is 1.29 bits per heavy atom. The molecule has 1 aromatic carbocycles. The third-order valence-electron chi connectivity index (χ3n) is 4.27. The third-order valence-corrected chi connectivity index (χ3v) is 4.27. The first-order valence-corrected chi connectivity index (χ1v) is 8.68. The highest BCUT2D eigenvalue weighted by molar-refractivity contribution is 5.52. The first-order valence-electron chi connectivity index (χ1n) is 8.68. The van der Waals surface area contributed by atoms with Gasteiger partial charge in [0.15, 0.2) is 0 Å². The van der Waals surface area contributed by atoms with Crippen LogP contribution in [0.5, 0.6) is 0 Å². The summed E-state index contributed by atoms with van der Waals surface area (Å²) in [6.45, 7) is 12.3. The predicted molar refractivity (Wildman–Crippen MR) is 93.0 cm³/mol. The monoisotopic (exact) mass is 288 g/mol. The fourth-order valence-electron chi connectivity index (χ4n) is 2.79. The Balaban J connectivity index is 1.99. The van der Waals surface area contributed by atoms with Gasteiger partial charge in [0.05, 0.1) is 0 Å². The average Bonchev–Trinajstić information content (AvgIpc) is 3.26. The molecule has 0 heterocycles. The molecule has 0 amide bonds. The quantitative estimate of drug-likeness (QED) is 0.719. The van der Waals surface area contributed by atoms with E-state index in [0.29, 0.717) is 5.92 Å². The van der Waals surface area contributed by atoms with Crippen molar-refractivity contribution in [2.75, 3.05) is 18.0 Å². The molecule has 1 aliphatic rings. The number of nitrogens with one attached hydrogen (secondary N) is 1. The lowest BCUT2D eigenvalue weighted by Crippen LogP contribution is -2.27. The van der Waals surface area contributed by atoms with E-state index in [1.165, 1.54) is 49.0 Å². The molecule has 2 rings (SSSR count). The molecule has 0 unspecified atom stereocenters. The van der Waals surface area contributed by atoms with Crippen LogP contribution in [-0.2, 0) is 6.54 Å². The molecule has 2 heteroatoms. The second-order valence-electron chi connectivity index (χ2n) is 6.91. The minimum Gasteiger partial charge on any atom is -0.369 e. The SMILES string of the molecule is CCCCN(c1ccc(CNCC(C)C)c(C)c1)C1CC1. The van der Waals surface area contributed by atoms with Gasteiger partial charge in [-0.05, 0) is 61.9 Å². The zero-order valence-corrected chi connectivity index (χ0v) is 14.3. The van der Waals surface area contributed by atoms with Gasteiger partial charge in [0, 0.05) is 24.8 Å². The zero-order chi connectivity index (χ0) is 15.2. The maximum atomic E-state index is 3.55. The molecule has 2 nitrogen and oxygen atoms in total. The van der Waals surface area contributed by atoms with Gasteiger partial charge in [0.1, 0.15) is 0 Å². The number of hydrogen-bond donors (Lipinski definition) is 1. The second-order valence-corrected chi connectivity index (χ2v) is 6.91. The Morgan fingerprint density at radius 3 is 2.62 bits per heavy atom. The smallest absolute Gasteiger partial charge is 0.0371 e. The largest absolute Gasteiger partial charge is 0.369 e. The maximum absolute atomic E-state index is 3.55. The summed E-state index contributed by atoms with van der Waals surface area (Å²) < 4.78 is 0. The average molecular weight is 288 g/mol. The van der Waals surface area contributed by atoms with E-state index in [1.54, 1.807) is 0 Å². The number of benzene rings is 1. The fourth-order valence-corrected chi connectivity index (χ4v) is 2.79. The van der Waals surface area contributed by atoms with Crippen molar-refractivity contribution >= 4 is 5.69 Å². The van der Waals surface area contributed by atoms with Gasteiger partial charge in [0.25, 0.3) is 0 Å². The molecule has 118 valence electrons. The summed E-state index contributed by atoms with van der Waals surface area (Å²) in [5.74, 6) is 0.712. The van der Waals surface area contributed by atoms with Gasteiger partial charge in [-0.3, -0.25) is 0 Å². The lowest BCUT2D eigenvalue weighted by atomic mass is 10.1. The van der Waals surface area contributed by atoms with Crippen molar-refractivity contribution in [3.8, 4) is 0 Å². The normalized spacial score (nSPS) is 14.7. The van der Waals surface area contributed by atoms with E-state index in [0.717, 1.165) is 19.1 Å². The van der Waals surface area contributed by atoms with E-state index in [1.807, 2.05) is 0 Å². The molecule has 0 spiro atoms. The topological polar surface area (TPSA) is 15.3 Å². The second kappa shape index (κ2) is 7.84. The maximum Gasteiger partial charge on any atom is 0.0371 e. The Bertz CT molecular complexity index is 435. The molecular weight excluding hydrogens is 256 g/mol. The van der Waals surface area contributed by atoms with E-state index >= 15 is 0 Å². The lowest BCUT2D eigenvalue weighted by Gasteiger charge is -2.25. The molecule has 1 fully saturated rings. The molecule has 1 aromatic rings. The van der Waals surface area contributed by atoms with E-state index < -0.39 is 0 Å². The number of unbranched alkanes of at least 4 members (excludes halogenated alkanes) is 1. The number of hydrogen-bond acceptors (Lipinski definition) is 2. The minimum atomic E-state index is 0.712. The molecule has 21 heavy (non-hydrogen) atoms. The summed E-state index contributed by atoms with van der Waals surface area (Å²) in [6.07, 6.45) is 5.33. The van der Waals surface area contributed by atoms with Gasteiger partial charge in [-0.25, -0.2) is 0 Å². The molecule has 0 aliphatic heterocycles. The number of aryl methyl sites for hydroxylation is 1. The van der Waals surface area contributed by atoms with Crippen molar-refractivity contribution in [2.45, 2.75) is 66.0 Å². The molecule has 1 aliphatic carbocycles.